The molecular formula is C16H25N3O3S. The Morgan fingerprint density at radius 3 is 2.35 bits per heavy atom. The molecule has 0 aliphatic carbocycles. The van der Waals surface area contributed by atoms with Crippen molar-refractivity contribution in [2.24, 2.45) is 0 Å². The summed E-state index contributed by atoms with van der Waals surface area (Å²) in [6.07, 6.45) is 3.96. The maximum Gasteiger partial charge on any atom is 0.321 e. The number of anilines is 1. The van der Waals surface area contributed by atoms with Gasteiger partial charge in [0.05, 0.1) is 4.90 Å². The van der Waals surface area contributed by atoms with Gasteiger partial charge in [-0.2, -0.15) is 0 Å². The van der Waals surface area contributed by atoms with E-state index in [4.69, 9.17) is 0 Å². The fraction of sp³-hybridized carbons (Fsp3) is 0.562. The molecular weight excluding hydrogens is 314 g/mol. The van der Waals surface area contributed by atoms with Crippen molar-refractivity contribution in [3.8, 4) is 0 Å². The van der Waals surface area contributed by atoms with E-state index in [0.29, 0.717) is 5.69 Å². The Hall–Kier alpha value is -1.60. The first kappa shape index (κ1) is 17.7. The van der Waals surface area contributed by atoms with Crippen LogP contribution in [0.25, 0.3) is 0 Å². The van der Waals surface area contributed by atoms with E-state index in [9.17, 15) is 13.2 Å². The fourth-order valence-electron chi connectivity index (χ4n) is 2.43. The van der Waals surface area contributed by atoms with Gasteiger partial charge in [-0.3, -0.25) is 0 Å². The molecule has 0 aromatic heterocycles. The van der Waals surface area contributed by atoms with Crippen molar-refractivity contribution in [2.75, 3.05) is 18.4 Å². The van der Waals surface area contributed by atoms with Crippen molar-refractivity contribution in [2.45, 2.75) is 50.5 Å². The highest BCUT2D eigenvalue weighted by Crippen LogP contribution is 2.16. The predicted octanol–water partition coefficient (Wildman–Crippen LogP) is 2.78. The smallest absolute Gasteiger partial charge is 0.321 e. The van der Waals surface area contributed by atoms with Crippen LogP contribution in [0.2, 0.25) is 0 Å². The molecule has 1 heterocycles. The number of piperidine rings is 1. The molecule has 1 aliphatic rings. The van der Waals surface area contributed by atoms with Crippen LogP contribution in [-0.2, 0) is 10.0 Å². The maximum absolute atomic E-state index is 12.2. The summed E-state index contributed by atoms with van der Waals surface area (Å²) in [5.41, 5.74) is 0.600. The van der Waals surface area contributed by atoms with E-state index in [2.05, 4.69) is 10.0 Å². The van der Waals surface area contributed by atoms with E-state index in [-0.39, 0.29) is 17.0 Å². The molecule has 7 heteroatoms. The molecule has 1 aromatic rings. The van der Waals surface area contributed by atoms with Crippen molar-refractivity contribution < 1.29 is 13.2 Å². The SMILES string of the molecule is CC[C@H](C)NS(=O)(=O)c1ccc(NC(=O)N2CCCCC2)cc1. The number of hydrogen-bond donors (Lipinski definition) is 2. The summed E-state index contributed by atoms with van der Waals surface area (Å²) >= 11 is 0. The highest BCUT2D eigenvalue weighted by molar-refractivity contribution is 7.89. The Kier molecular flexibility index (Phi) is 6.01. The van der Waals surface area contributed by atoms with Crippen LogP contribution in [0.3, 0.4) is 0 Å². The number of rotatable bonds is 5. The van der Waals surface area contributed by atoms with Crippen LogP contribution in [0.1, 0.15) is 39.5 Å². The zero-order valence-electron chi connectivity index (χ0n) is 13.7. The molecule has 1 aliphatic heterocycles. The first-order valence-corrected chi connectivity index (χ1v) is 9.59. The molecule has 1 saturated heterocycles. The maximum atomic E-state index is 12.2. The fourth-order valence-corrected chi connectivity index (χ4v) is 3.76. The number of hydrogen-bond acceptors (Lipinski definition) is 3. The molecule has 23 heavy (non-hydrogen) atoms. The highest BCUT2D eigenvalue weighted by Gasteiger charge is 2.18. The van der Waals surface area contributed by atoms with Crippen molar-refractivity contribution >= 4 is 21.7 Å². The van der Waals surface area contributed by atoms with Gasteiger partial charge in [-0.25, -0.2) is 17.9 Å². The Morgan fingerprint density at radius 1 is 1.17 bits per heavy atom. The van der Waals surface area contributed by atoms with Gasteiger partial charge in [0.15, 0.2) is 0 Å². The second kappa shape index (κ2) is 7.79. The number of benzene rings is 1. The van der Waals surface area contributed by atoms with E-state index < -0.39 is 10.0 Å². The second-order valence-electron chi connectivity index (χ2n) is 5.93. The van der Waals surface area contributed by atoms with Gasteiger partial charge < -0.3 is 10.2 Å². The molecule has 0 radical (unpaired) electrons. The molecule has 2 N–H and O–H groups in total. The standard InChI is InChI=1S/C16H25N3O3S/c1-3-13(2)18-23(21,22)15-9-7-14(8-10-15)17-16(20)19-11-5-4-6-12-19/h7-10,13,18H,3-6,11-12H2,1-2H3,(H,17,20)/t13-/m0/s1. The Bertz CT molecular complexity index is 622. The van der Waals surface area contributed by atoms with Crippen LogP contribution >= 0.6 is 0 Å². The lowest BCUT2D eigenvalue weighted by Crippen LogP contribution is -2.38. The number of carbonyl (C=O) groups is 1. The van der Waals surface area contributed by atoms with Gasteiger partial charge in [-0.1, -0.05) is 6.92 Å². The number of nitrogens with one attached hydrogen (secondary N) is 2. The first-order valence-electron chi connectivity index (χ1n) is 8.10. The molecule has 0 saturated carbocycles. The molecule has 1 aromatic carbocycles. The van der Waals surface area contributed by atoms with Crippen molar-refractivity contribution in [1.82, 2.24) is 9.62 Å². The van der Waals surface area contributed by atoms with Gasteiger partial charge in [-0.05, 0) is 56.9 Å². The van der Waals surface area contributed by atoms with Gasteiger partial charge in [0.2, 0.25) is 10.0 Å². The third kappa shape index (κ3) is 4.94. The summed E-state index contributed by atoms with van der Waals surface area (Å²) in [4.78, 5) is 14.1. The lowest BCUT2D eigenvalue weighted by molar-refractivity contribution is 0.200. The van der Waals surface area contributed by atoms with Gasteiger partial charge in [0.1, 0.15) is 0 Å². The molecule has 0 bridgehead atoms. The summed E-state index contributed by atoms with van der Waals surface area (Å²) in [7, 11) is -3.51. The molecule has 128 valence electrons. The number of carbonyl (C=O) groups excluding carboxylic acids is 1. The van der Waals surface area contributed by atoms with Crippen LogP contribution in [0.15, 0.2) is 29.2 Å². The summed E-state index contributed by atoms with van der Waals surface area (Å²) in [5.74, 6) is 0. The second-order valence-corrected chi connectivity index (χ2v) is 7.65. The zero-order valence-corrected chi connectivity index (χ0v) is 14.5. The molecule has 0 spiro atoms. The number of likely N-dealkylation sites (tertiary alicyclic amines) is 1. The normalized spacial score (nSPS) is 16.9. The largest absolute Gasteiger partial charge is 0.325 e. The van der Waals surface area contributed by atoms with Crippen LogP contribution in [0, 0.1) is 0 Å². The quantitative estimate of drug-likeness (QED) is 0.866. The number of nitrogens with zero attached hydrogens (tertiary/aromatic N) is 1. The number of urea groups is 1. The molecule has 0 unspecified atom stereocenters. The third-order valence-corrected chi connectivity index (χ3v) is 5.63. The Morgan fingerprint density at radius 2 is 1.78 bits per heavy atom. The minimum Gasteiger partial charge on any atom is -0.325 e. The van der Waals surface area contributed by atoms with Gasteiger partial charge >= 0.3 is 6.03 Å². The van der Waals surface area contributed by atoms with Crippen LogP contribution in [0.4, 0.5) is 10.5 Å². The van der Waals surface area contributed by atoms with Gasteiger partial charge in [0.25, 0.3) is 0 Å². The minimum absolute atomic E-state index is 0.113. The Labute approximate surface area is 138 Å². The van der Waals surface area contributed by atoms with Gasteiger partial charge in [0, 0.05) is 24.8 Å². The summed E-state index contributed by atoms with van der Waals surface area (Å²) in [6.45, 7) is 5.30. The summed E-state index contributed by atoms with van der Waals surface area (Å²) < 4.78 is 27.0. The average molecular weight is 339 g/mol. The monoisotopic (exact) mass is 339 g/mol. The third-order valence-electron chi connectivity index (χ3n) is 4.03. The molecule has 2 amide bonds. The van der Waals surface area contributed by atoms with E-state index in [1.54, 1.807) is 17.0 Å². The van der Waals surface area contributed by atoms with Gasteiger partial charge in [-0.15, -0.1) is 0 Å². The van der Waals surface area contributed by atoms with E-state index in [1.165, 1.54) is 18.6 Å². The first-order chi connectivity index (χ1) is 10.9. The van der Waals surface area contributed by atoms with Crippen LogP contribution < -0.4 is 10.0 Å². The molecule has 1 atom stereocenters. The Balaban J connectivity index is 2.00. The minimum atomic E-state index is -3.51. The molecule has 2 rings (SSSR count). The van der Waals surface area contributed by atoms with E-state index in [0.717, 1.165) is 32.4 Å². The zero-order chi connectivity index (χ0) is 16.9. The van der Waals surface area contributed by atoms with Crippen molar-refractivity contribution in [3.63, 3.8) is 0 Å². The molecule has 1 fully saturated rings. The highest BCUT2D eigenvalue weighted by atomic mass is 32.2. The predicted molar refractivity (Wildman–Crippen MR) is 91.0 cm³/mol. The van der Waals surface area contributed by atoms with E-state index >= 15 is 0 Å². The van der Waals surface area contributed by atoms with Crippen LogP contribution in [-0.4, -0.2) is 38.5 Å². The van der Waals surface area contributed by atoms with Crippen molar-refractivity contribution in [3.05, 3.63) is 24.3 Å². The lowest BCUT2D eigenvalue weighted by atomic mass is 10.1. The molecule has 6 nitrogen and oxygen atoms in total. The topological polar surface area (TPSA) is 78.5 Å². The van der Waals surface area contributed by atoms with E-state index in [1.807, 2.05) is 13.8 Å². The number of sulfonamides is 1. The lowest BCUT2D eigenvalue weighted by Gasteiger charge is -2.26. The number of amides is 2. The summed E-state index contributed by atoms with van der Waals surface area (Å²) in [6, 6.07) is 6.02. The average Bonchev–Trinajstić information content (AvgIpc) is 2.55. The van der Waals surface area contributed by atoms with Crippen LogP contribution in [0.5, 0.6) is 0 Å². The summed E-state index contributed by atoms with van der Waals surface area (Å²) in [5, 5.41) is 2.81. The van der Waals surface area contributed by atoms with Crippen molar-refractivity contribution in [1.29, 1.82) is 0 Å².